The van der Waals surface area contributed by atoms with Gasteiger partial charge in [-0.15, -0.1) is 11.3 Å². The molecular formula is C8H10O3S. The van der Waals surface area contributed by atoms with Crippen molar-refractivity contribution in [3.05, 3.63) is 17.0 Å². The number of hydrogen-bond donors (Lipinski definition) is 1. The summed E-state index contributed by atoms with van der Waals surface area (Å²) in [7, 11) is 1.57. The lowest BCUT2D eigenvalue weighted by molar-refractivity contribution is -0.138. The largest absolute Gasteiger partial charge is 0.487 e. The summed E-state index contributed by atoms with van der Waals surface area (Å²) in [6.45, 7) is 1.66. The monoisotopic (exact) mass is 186 g/mol. The molecule has 12 heavy (non-hydrogen) atoms. The molecule has 1 aromatic rings. The predicted molar refractivity (Wildman–Crippen MR) is 46.9 cm³/mol. The first kappa shape index (κ1) is 9.06. The zero-order valence-electron chi connectivity index (χ0n) is 6.90. The summed E-state index contributed by atoms with van der Waals surface area (Å²) < 4.78 is 4.95. The van der Waals surface area contributed by atoms with E-state index in [2.05, 4.69) is 0 Å². The summed E-state index contributed by atoms with van der Waals surface area (Å²) >= 11 is 1.37. The molecule has 1 aromatic heterocycles. The minimum atomic E-state index is -0.806. The van der Waals surface area contributed by atoms with Crippen molar-refractivity contribution in [1.29, 1.82) is 0 Å². The van der Waals surface area contributed by atoms with E-state index in [4.69, 9.17) is 9.84 Å². The van der Waals surface area contributed by atoms with Crippen LogP contribution in [0.4, 0.5) is 0 Å². The summed E-state index contributed by atoms with van der Waals surface area (Å²) in [4.78, 5) is 11.4. The highest BCUT2D eigenvalue weighted by atomic mass is 32.1. The second kappa shape index (κ2) is 3.58. The van der Waals surface area contributed by atoms with Gasteiger partial charge < -0.3 is 9.84 Å². The molecule has 0 saturated heterocycles. The van der Waals surface area contributed by atoms with Gasteiger partial charge in [-0.3, -0.25) is 4.79 Å². The quantitative estimate of drug-likeness (QED) is 0.784. The van der Waals surface area contributed by atoms with Crippen LogP contribution in [0.1, 0.15) is 17.7 Å². The lowest BCUT2D eigenvalue weighted by Crippen LogP contribution is -2.04. The van der Waals surface area contributed by atoms with Crippen LogP contribution in [0.2, 0.25) is 0 Å². The maximum absolute atomic E-state index is 10.6. The molecule has 0 amide bonds. The van der Waals surface area contributed by atoms with Gasteiger partial charge in [0, 0.05) is 4.88 Å². The van der Waals surface area contributed by atoms with Gasteiger partial charge in [-0.25, -0.2) is 0 Å². The summed E-state index contributed by atoms with van der Waals surface area (Å²) in [5, 5.41) is 9.43. The van der Waals surface area contributed by atoms with Gasteiger partial charge in [-0.2, -0.15) is 0 Å². The number of aliphatic carboxylic acids is 1. The van der Waals surface area contributed by atoms with Crippen molar-refractivity contribution in [1.82, 2.24) is 0 Å². The third-order valence-corrected chi connectivity index (χ3v) is 2.83. The lowest BCUT2D eigenvalue weighted by atomic mass is 10.1. The summed E-state index contributed by atoms with van der Waals surface area (Å²) in [5.74, 6) is -1.25. The maximum atomic E-state index is 10.6. The Bertz CT molecular complexity index is 280. The average molecular weight is 186 g/mol. The molecule has 66 valence electrons. The molecule has 0 saturated carbocycles. The molecule has 1 heterocycles. The van der Waals surface area contributed by atoms with E-state index in [0.717, 1.165) is 9.94 Å². The van der Waals surface area contributed by atoms with Crippen LogP contribution in [0.25, 0.3) is 0 Å². The number of carboxylic acid groups (broad SMARTS) is 1. The fourth-order valence-electron chi connectivity index (χ4n) is 0.799. The molecule has 0 aliphatic rings. The standard InChI is InChI=1S/C8H10O3S/c1-5(8(9)10)6-3-4-7(11-2)12-6/h3-5H,1-2H3,(H,9,10). The molecule has 0 spiro atoms. The van der Waals surface area contributed by atoms with Crippen molar-refractivity contribution in [3.8, 4) is 5.06 Å². The van der Waals surface area contributed by atoms with E-state index >= 15 is 0 Å². The Hall–Kier alpha value is -1.03. The van der Waals surface area contributed by atoms with Gasteiger partial charge in [0.15, 0.2) is 5.06 Å². The Labute approximate surface area is 74.6 Å². The van der Waals surface area contributed by atoms with E-state index in [-0.39, 0.29) is 0 Å². The first-order valence-electron chi connectivity index (χ1n) is 3.51. The van der Waals surface area contributed by atoms with Crippen molar-refractivity contribution < 1.29 is 14.6 Å². The molecule has 1 N–H and O–H groups in total. The van der Waals surface area contributed by atoms with Gasteiger partial charge in [0.2, 0.25) is 0 Å². The van der Waals surface area contributed by atoms with Crippen molar-refractivity contribution in [2.75, 3.05) is 7.11 Å². The third-order valence-electron chi connectivity index (χ3n) is 1.60. The molecule has 3 nitrogen and oxygen atoms in total. The lowest BCUT2D eigenvalue weighted by Gasteiger charge is -2.00. The van der Waals surface area contributed by atoms with E-state index in [1.54, 1.807) is 26.2 Å². The number of ether oxygens (including phenoxy) is 1. The molecule has 0 aromatic carbocycles. The Morgan fingerprint density at radius 1 is 1.67 bits per heavy atom. The predicted octanol–water partition coefficient (Wildman–Crippen LogP) is 1.94. The maximum Gasteiger partial charge on any atom is 0.311 e. The summed E-state index contributed by atoms with van der Waals surface area (Å²) in [6.07, 6.45) is 0. The van der Waals surface area contributed by atoms with Gasteiger partial charge in [0.25, 0.3) is 0 Å². The summed E-state index contributed by atoms with van der Waals surface area (Å²) in [5.41, 5.74) is 0. The van der Waals surface area contributed by atoms with Gasteiger partial charge in [-0.05, 0) is 19.1 Å². The highest BCUT2D eigenvalue weighted by molar-refractivity contribution is 7.14. The molecule has 0 aliphatic carbocycles. The van der Waals surface area contributed by atoms with E-state index in [9.17, 15) is 4.79 Å². The average Bonchev–Trinajstić information content (AvgIpc) is 2.50. The Kier molecular flexibility index (Phi) is 2.70. The van der Waals surface area contributed by atoms with Crippen LogP contribution < -0.4 is 4.74 Å². The third kappa shape index (κ3) is 1.76. The van der Waals surface area contributed by atoms with Crippen LogP contribution in [0.15, 0.2) is 12.1 Å². The van der Waals surface area contributed by atoms with Crippen molar-refractivity contribution in [2.45, 2.75) is 12.8 Å². The fraction of sp³-hybridized carbons (Fsp3) is 0.375. The van der Waals surface area contributed by atoms with Crippen LogP contribution in [0, 0.1) is 0 Å². The zero-order chi connectivity index (χ0) is 9.14. The van der Waals surface area contributed by atoms with Gasteiger partial charge in [0.05, 0.1) is 13.0 Å². The topological polar surface area (TPSA) is 46.5 Å². The normalized spacial score (nSPS) is 12.5. The highest BCUT2D eigenvalue weighted by Crippen LogP contribution is 2.29. The summed E-state index contributed by atoms with van der Waals surface area (Å²) in [6, 6.07) is 3.56. The van der Waals surface area contributed by atoms with Crippen molar-refractivity contribution in [2.24, 2.45) is 0 Å². The highest BCUT2D eigenvalue weighted by Gasteiger charge is 2.15. The van der Waals surface area contributed by atoms with Crippen molar-refractivity contribution in [3.63, 3.8) is 0 Å². The smallest absolute Gasteiger partial charge is 0.311 e. The van der Waals surface area contributed by atoms with Crippen LogP contribution >= 0.6 is 11.3 Å². The number of carboxylic acids is 1. The van der Waals surface area contributed by atoms with Gasteiger partial charge in [-0.1, -0.05) is 0 Å². The number of rotatable bonds is 3. The zero-order valence-corrected chi connectivity index (χ0v) is 7.72. The second-order valence-corrected chi connectivity index (χ2v) is 3.50. The van der Waals surface area contributed by atoms with Crippen LogP contribution in [0.3, 0.4) is 0 Å². The van der Waals surface area contributed by atoms with Crippen LogP contribution in [-0.2, 0) is 4.79 Å². The molecule has 1 atom stereocenters. The van der Waals surface area contributed by atoms with E-state index in [0.29, 0.717) is 0 Å². The molecular weight excluding hydrogens is 176 g/mol. The van der Waals surface area contributed by atoms with Gasteiger partial charge >= 0.3 is 5.97 Å². The Balaban J connectivity index is 2.81. The number of thiophene rings is 1. The molecule has 1 unspecified atom stereocenters. The molecule has 0 aliphatic heterocycles. The van der Waals surface area contributed by atoms with E-state index in [1.165, 1.54) is 11.3 Å². The molecule has 0 fully saturated rings. The van der Waals surface area contributed by atoms with E-state index < -0.39 is 11.9 Å². The first-order chi connectivity index (χ1) is 5.65. The van der Waals surface area contributed by atoms with Crippen LogP contribution in [-0.4, -0.2) is 18.2 Å². The second-order valence-electron chi connectivity index (χ2n) is 2.42. The van der Waals surface area contributed by atoms with Gasteiger partial charge in [0.1, 0.15) is 0 Å². The molecule has 1 rings (SSSR count). The van der Waals surface area contributed by atoms with Crippen LogP contribution in [0.5, 0.6) is 5.06 Å². The number of carbonyl (C=O) groups is 1. The molecule has 4 heteroatoms. The Morgan fingerprint density at radius 3 is 2.75 bits per heavy atom. The minimum Gasteiger partial charge on any atom is -0.487 e. The number of methoxy groups -OCH3 is 1. The Morgan fingerprint density at radius 2 is 2.33 bits per heavy atom. The SMILES string of the molecule is COc1ccc(C(C)C(=O)O)s1. The fourth-order valence-corrected chi connectivity index (χ4v) is 1.66. The minimum absolute atomic E-state index is 0.445. The number of hydrogen-bond acceptors (Lipinski definition) is 3. The van der Waals surface area contributed by atoms with Crippen molar-refractivity contribution >= 4 is 17.3 Å². The van der Waals surface area contributed by atoms with E-state index in [1.807, 2.05) is 0 Å². The molecule has 0 radical (unpaired) electrons. The molecule has 0 bridgehead atoms. The first-order valence-corrected chi connectivity index (χ1v) is 4.33.